The summed E-state index contributed by atoms with van der Waals surface area (Å²) in [5.74, 6) is -0.793. The number of halogens is 1. The number of carbonyl (C=O) groups excluding carboxylic acids is 1. The quantitative estimate of drug-likeness (QED) is 0.485. The normalized spacial score (nSPS) is 11.6. The van der Waals surface area contributed by atoms with E-state index in [0.717, 1.165) is 5.56 Å². The number of rotatable bonds is 5. The number of carbonyl (C=O) groups is 1. The second kappa shape index (κ2) is 8.00. The lowest BCUT2D eigenvalue weighted by Gasteiger charge is -2.08. The number of sulfone groups is 1. The van der Waals surface area contributed by atoms with Gasteiger partial charge in [-0.15, -0.1) is 0 Å². The third-order valence-corrected chi connectivity index (χ3v) is 6.94. The van der Waals surface area contributed by atoms with Gasteiger partial charge in [-0.2, -0.15) is 0 Å². The predicted molar refractivity (Wildman–Crippen MR) is 118 cm³/mol. The van der Waals surface area contributed by atoms with Gasteiger partial charge in [0.15, 0.2) is 0 Å². The van der Waals surface area contributed by atoms with Gasteiger partial charge in [0.25, 0.3) is 0 Å². The van der Waals surface area contributed by atoms with E-state index in [0.29, 0.717) is 22.2 Å². The molecule has 0 aliphatic carbocycles. The number of amides is 1. The van der Waals surface area contributed by atoms with E-state index in [1.165, 1.54) is 12.3 Å². The Hall–Kier alpha value is -3.45. The fourth-order valence-corrected chi connectivity index (χ4v) is 4.90. The molecule has 0 unspecified atom stereocenters. The van der Waals surface area contributed by atoms with Crippen molar-refractivity contribution in [1.82, 2.24) is 4.57 Å². The first-order valence-electron chi connectivity index (χ1n) is 9.71. The van der Waals surface area contributed by atoms with Gasteiger partial charge in [0.05, 0.1) is 9.79 Å². The SMILES string of the molecule is Cc1ccc(S(=O)(=O)c2cn(CC(=O)Nc3ccc(C)c(F)c3)c3ccccc23)cc1. The van der Waals surface area contributed by atoms with Gasteiger partial charge in [0.2, 0.25) is 15.7 Å². The van der Waals surface area contributed by atoms with E-state index in [1.54, 1.807) is 72.2 Å². The Labute approximate surface area is 180 Å². The van der Waals surface area contributed by atoms with Crippen molar-refractivity contribution < 1.29 is 17.6 Å². The summed E-state index contributed by atoms with van der Waals surface area (Å²) in [5.41, 5.74) is 2.42. The first-order valence-corrected chi connectivity index (χ1v) is 11.2. The lowest BCUT2D eigenvalue weighted by Crippen LogP contribution is -2.18. The number of para-hydroxylation sites is 1. The number of aromatic nitrogens is 1. The van der Waals surface area contributed by atoms with E-state index >= 15 is 0 Å². The lowest BCUT2D eigenvalue weighted by atomic mass is 10.2. The van der Waals surface area contributed by atoms with Crippen molar-refractivity contribution in [3.63, 3.8) is 0 Å². The minimum Gasteiger partial charge on any atom is -0.337 e. The van der Waals surface area contributed by atoms with Crippen LogP contribution in [-0.2, 0) is 21.2 Å². The zero-order valence-corrected chi connectivity index (χ0v) is 17.9. The maximum atomic E-state index is 13.8. The van der Waals surface area contributed by atoms with Gasteiger partial charge in [0.1, 0.15) is 12.4 Å². The highest BCUT2D eigenvalue weighted by Gasteiger charge is 2.23. The van der Waals surface area contributed by atoms with E-state index < -0.39 is 15.7 Å². The molecule has 1 aromatic heterocycles. The molecule has 1 N–H and O–H groups in total. The van der Waals surface area contributed by atoms with E-state index in [-0.39, 0.29) is 22.2 Å². The number of nitrogens with zero attached hydrogens (tertiary/aromatic N) is 1. The van der Waals surface area contributed by atoms with Crippen molar-refractivity contribution in [2.45, 2.75) is 30.2 Å². The summed E-state index contributed by atoms with van der Waals surface area (Å²) < 4.78 is 41.9. The molecule has 0 atom stereocenters. The van der Waals surface area contributed by atoms with Gasteiger partial charge in [-0.05, 0) is 49.7 Å². The van der Waals surface area contributed by atoms with Crippen molar-refractivity contribution in [3.8, 4) is 0 Å². The molecule has 1 heterocycles. The number of hydrogen-bond acceptors (Lipinski definition) is 3. The second-order valence-corrected chi connectivity index (χ2v) is 9.39. The molecule has 3 aromatic carbocycles. The molecule has 0 bridgehead atoms. The van der Waals surface area contributed by atoms with E-state index in [9.17, 15) is 17.6 Å². The molecule has 0 aliphatic heterocycles. The molecule has 7 heteroatoms. The Morgan fingerprint density at radius 2 is 1.71 bits per heavy atom. The maximum absolute atomic E-state index is 13.8. The second-order valence-electron chi connectivity index (χ2n) is 7.47. The van der Waals surface area contributed by atoms with Crippen LogP contribution in [0, 0.1) is 19.7 Å². The first-order chi connectivity index (χ1) is 14.8. The van der Waals surface area contributed by atoms with Crippen molar-refractivity contribution in [2.75, 3.05) is 5.32 Å². The van der Waals surface area contributed by atoms with Crippen LogP contribution < -0.4 is 5.32 Å². The Balaban J connectivity index is 1.69. The third-order valence-electron chi connectivity index (χ3n) is 5.14. The van der Waals surface area contributed by atoms with E-state index in [2.05, 4.69) is 5.32 Å². The summed E-state index contributed by atoms with van der Waals surface area (Å²) in [6.45, 7) is 3.42. The predicted octanol–water partition coefficient (Wildman–Crippen LogP) is 4.87. The van der Waals surface area contributed by atoms with Crippen LogP contribution in [0.3, 0.4) is 0 Å². The van der Waals surface area contributed by atoms with Crippen molar-refractivity contribution in [3.05, 3.63) is 89.9 Å². The van der Waals surface area contributed by atoms with E-state index in [1.807, 2.05) is 6.92 Å². The minimum absolute atomic E-state index is 0.112. The molecule has 158 valence electrons. The highest BCUT2D eigenvalue weighted by molar-refractivity contribution is 7.91. The lowest BCUT2D eigenvalue weighted by molar-refractivity contribution is -0.116. The van der Waals surface area contributed by atoms with Crippen LogP contribution in [0.1, 0.15) is 11.1 Å². The Morgan fingerprint density at radius 3 is 2.42 bits per heavy atom. The summed E-state index contributed by atoms with van der Waals surface area (Å²) in [5, 5.41) is 3.20. The molecular formula is C24H21FN2O3S. The molecule has 1 amide bonds. The number of hydrogen-bond donors (Lipinski definition) is 1. The van der Waals surface area contributed by atoms with Crippen LogP contribution in [0.2, 0.25) is 0 Å². The first kappa shape index (κ1) is 20.8. The van der Waals surface area contributed by atoms with Crippen molar-refractivity contribution >= 4 is 32.3 Å². The summed E-state index contributed by atoms with van der Waals surface area (Å²) in [6.07, 6.45) is 1.48. The maximum Gasteiger partial charge on any atom is 0.244 e. The average Bonchev–Trinajstić information content (AvgIpc) is 3.10. The van der Waals surface area contributed by atoms with Gasteiger partial charge in [-0.3, -0.25) is 4.79 Å². The van der Waals surface area contributed by atoms with Crippen LogP contribution >= 0.6 is 0 Å². The number of aryl methyl sites for hydroxylation is 2. The van der Waals surface area contributed by atoms with Crippen LogP contribution in [0.4, 0.5) is 10.1 Å². The van der Waals surface area contributed by atoms with Crippen LogP contribution in [-0.4, -0.2) is 18.9 Å². The Bertz CT molecular complexity index is 1390. The monoisotopic (exact) mass is 436 g/mol. The largest absolute Gasteiger partial charge is 0.337 e. The molecular weight excluding hydrogens is 415 g/mol. The fourth-order valence-electron chi connectivity index (χ4n) is 3.43. The molecule has 0 radical (unpaired) electrons. The minimum atomic E-state index is -3.77. The number of nitrogens with one attached hydrogen (secondary N) is 1. The summed E-state index contributed by atoms with van der Waals surface area (Å²) in [6, 6.07) is 18.2. The molecule has 5 nitrogen and oxygen atoms in total. The van der Waals surface area contributed by atoms with Gasteiger partial charge in [-0.25, -0.2) is 12.8 Å². The molecule has 0 spiro atoms. The molecule has 0 fully saturated rings. The van der Waals surface area contributed by atoms with Gasteiger partial charge in [-0.1, -0.05) is 42.0 Å². The van der Waals surface area contributed by atoms with E-state index in [4.69, 9.17) is 0 Å². The van der Waals surface area contributed by atoms with Crippen LogP contribution in [0.25, 0.3) is 10.9 Å². The third kappa shape index (κ3) is 4.09. The standard InChI is InChI=1S/C24H21FN2O3S/c1-16-7-11-19(12-8-16)31(29,30)23-14-27(22-6-4-3-5-20(22)23)15-24(28)26-18-10-9-17(2)21(25)13-18/h3-14H,15H2,1-2H3,(H,26,28). The highest BCUT2D eigenvalue weighted by atomic mass is 32.2. The fraction of sp³-hybridized carbons (Fsp3) is 0.125. The Morgan fingerprint density at radius 1 is 1.00 bits per heavy atom. The van der Waals surface area contributed by atoms with Crippen molar-refractivity contribution in [2.24, 2.45) is 0 Å². The Kier molecular flexibility index (Phi) is 5.37. The van der Waals surface area contributed by atoms with Crippen LogP contribution in [0.15, 0.2) is 82.7 Å². The molecule has 31 heavy (non-hydrogen) atoms. The summed E-state index contributed by atoms with van der Waals surface area (Å²) >= 11 is 0. The zero-order valence-electron chi connectivity index (χ0n) is 17.1. The summed E-state index contributed by atoms with van der Waals surface area (Å²) in [4.78, 5) is 12.9. The topological polar surface area (TPSA) is 68.2 Å². The molecule has 0 saturated carbocycles. The zero-order chi connectivity index (χ0) is 22.2. The summed E-state index contributed by atoms with van der Waals surface area (Å²) in [7, 11) is -3.77. The molecule has 4 aromatic rings. The number of anilines is 1. The molecule has 0 saturated heterocycles. The van der Waals surface area contributed by atoms with Gasteiger partial charge in [0, 0.05) is 22.8 Å². The average molecular weight is 437 g/mol. The molecule has 0 aliphatic rings. The number of fused-ring (bicyclic) bond motifs is 1. The van der Waals surface area contributed by atoms with Gasteiger partial charge >= 0.3 is 0 Å². The van der Waals surface area contributed by atoms with Crippen molar-refractivity contribution in [1.29, 1.82) is 0 Å². The number of benzene rings is 3. The highest BCUT2D eigenvalue weighted by Crippen LogP contribution is 2.30. The van der Waals surface area contributed by atoms with Crippen LogP contribution in [0.5, 0.6) is 0 Å². The van der Waals surface area contributed by atoms with Gasteiger partial charge < -0.3 is 9.88 Å². The smallest absolute Gasteiger partial charge is 0.244 e. The molecule has 4 rings (SSSR count).